The summed E-state index contributed by atoms with van der Waals surface area (Å²) in [6.45, 7) is 4.70. The van der Waals surface area contributed by atoms with Gasteiger partial charge < -0.3 is 14.5 Å². The smallest absolute Gasteiger partial charge is 0.137 e. The predicted octanol–water partition coefficient (Wildman–Crippen LogP) is 15.5. The highest BCUT2D eigenvalue weighted by molar-refractivity contribution is 6.13. The summed E-state index contributed by atoms with van der Waals surface area (Å²) in [7, 11) is 0. The number of hydrogen-bond donors (Lipinski definition) is 0. The van der Waals surface area contributed by atoms with Gasteiger partial charge in [0.1, 0.15) is 11.5 Å². The van der Waals surface area contributed by atoms with E-state index in [1.165, 1.54) is 33.4 Å². The average molecular weight is 745 g/mol. The number of rotatable bonds is 7. The number of nitrogens with zero attached hydrogens (tertiary/aromatic N) is 2. The van der Waals surface area contributed by atoms with Crippen LogP contribution in [0.1, 0.15) is 25.0 Å². The fourth-order valence-corrected chi connectivity index (χ4v) is 9.37. The molecule has 1 aliphatic heterocycles. The summed E-state index contributed by atoms with van der Waals surface area (Å²) in [5, 5.41) is 2.22. The Labute approximate surface area is 339 Å². The first-order valence-corrected chi connectivity index (χ1v) is 20.0. The fourth-order valence-electron chi connectivity index (χ4n) is 9.37. The maximum Gasteiger partial charge on any atom is 0.137 e. The normalized spacial score (nSPS) is 12.9. The van der Waals surface area contributed by atoms with Crippen LogP contribution in [0.3, 0.4) is 0 Å². The summed E-state index contributed by atoms with van der Waals surface area (Å²) in [6, 6.07) is 74.1. The van der Waals surface area contributed by atoms with Crippen molar-refractivity contribution in [1.29, 1.82) is 0 Å². The van der Waals surface area contributed by atoms with Gasteiger partial charge in [0.15, 0.2) is 0 Å². The number of para-hydroxylation sites is 2. The predicted molar refractivity (Wildman–Crippen MR) is 242 cm³/mol. The van der Waals surface area contributed by atoms with Crippen molar-refractivity contribution in [2.24, 2.45) is 0 Å². The zero-order chi connectivity index (χ0) is 38.8. The van der Waals surface area contributed by atoms with E-state index in [1.807, 2.05) is 0 Å². The molecular formula is C55H40N2O. The maximum atomic E-state index is 6.93. The number of benzene rings is 9. The van der Waals surface area contributed by atoms with Gasteiger partial charge in [-0.25, -0.2) is 0 Å². The van der Waals surface area contributed by atoms with Crippen molar-refractivity contribution in [2.45, 2.75) is 19.3 Å². The fraction of sp³-hybridized carbons (Fsp3) is 0.0545. The van der Waals surface area contributed by atoms with E-state index >= 15 is 0 Å². The third-order valence-corrected chi connectivity index (χ3v) is 12.0. The van der Waals surface area contributed by atoms with E-state index in [0.29, 0.717) is 0 Å². The zero-order valence-electron chi connectivity index (χ0n) is 32.4. The lowest BCUT2D eigenvalue weighted by atomic mass is 9.82. The summed E-state index contributed by atoms with van der Waals surface area (Å²) < 4.78 is 6.93. The molecule has 58 heavy (non-hydrogen) atoms. The topological polar surface area (TPSA) is 15.7 Å². The van der Waals surface area contributed by atoms with Crippen molar-refractivity contribution in [2.75, 3.05) is 9.80 Å². The van der Waals surface area contributed by atoms with Crippen LogP contribution in [0.4, 0.5) is 34.1 Å². The lowest BCUT2D eigenvalue weighted by Gasteiger charge is -2.33. The molecule has 0 unspecified atom stereocenters. The summed E-state index contributed by atoms with van der Waals surface area (Å²) in [6.07, 6.45) is 0. The van der Waals surface area contributed by atoms with Crippen molar-refractivity contribution < 1.29 is 4.74 Å². The highest BCUT2D eigenvalue weighted by Crippen LogP contribution is 2.57. The average Bonchev–Trinajstić information content (AvgIpc) is 3.52. The molecule has 9 aromatic rings. The molecule has 0 saturated carbocycles. The molecule has 3 nitrogen and oxygen atoms in total. The van der Waals surface area contributed by atoms with E-state index in [2.05, 4.69) is 230 Å². The molecular weight excluding hydrogens is 705 g/mol. The molecule has 0 N–H and O–H groups in total. The van der Waals surface area contributed by atoms with Gasteiger partial charge in [-0.2, -0.15) is 0 Å². The summed E-state index contributed by atoms with van der Waals surface area (Å²) in [5.41, 5.74) is 16.3. The SMILES string of the molecule is CC1(C)c2ccccc2-c2c(N(c3ccc(-c4ccccc4)cc3)c3ccc4c5c(cccc35)-c3c(cccc3N(c3ccccc3)c3ccccc3)O4)cccc21. The molecule has 9 aromatic carbocycles. The molecule has 276 valence electrons. The number of fused-ring (bicyclic) bond motifs is 5. The van der Waals surface area contributed by atoms with Gasteiger partial charge in [-0.15, -0.1) is 0 Å². The van der Waals surface area contributed by atoms with Gasteiger partial charge in [0.25, 0.3) is 0 Å². The highest BCUT2D eigenvalue weighted by Gasteiger charge is 2.38. The van der Waals surface area contributed by atoms with E-state index in [-0.39, 0.29) is 5.41 Å². The Morgan fingerprint density at radius 3 is 1.64 bits per heavy atom. The largest absolute Gasteiger partial charge is 0.456 e. The van der Waals surface area contributed by atoms with E-state index < -0.39 is 0 Å². The first kappa shape index (κ1) is 33.9. The van der Waals surface area contributed by atoms with Gasteiger partial charge in [0, 0.05) is 44.4 Å². The monoisotopic (exact) mass is 744 g/mol. The number of anilines is 6. The van der Waals surface area contributed by atoms with Crippen molar-refractivity contribution in [1.82, 2.24) is 0 Å². The lowest BCUT2D eigenvalue weighted by Crippen LogP contribution is -2.16. The Morgan fingerprint density at radius 2 is 0.914 bits per heavy atom. The number of hydrogen-bond acceptors (Lipinski definition) is 3. The first-order chi connectivity index (χ1) is 28.6. The second-order valence-corrected chi connectivity index (χ2v) is 15.7. The van der Waals surface area contributed by atoms with Gasteiger partial charge in [0.05, 0.1) is 17.1 Å². The third-order valence-electron chi connectivity index (χ3n) is 12.0. The van der Waals surface area contributed by atoms with Crippen LogP contribution in [0.5, 0.6) is 11.5 Å². The summed E-state index contributed by atoms with van der Waals surface area (Å²) in [5.74, 6) is 1.70. The van der Waals surface area contributed by atoms with Gasteiger partial charge in [-0.05, 0) is 100 Å². The molecule has 0 spiro atoms. The molecule has 0 atom stereocenters. The zero-order valence-corrected chi connectivity index (χ0v) is 32.4. The molecule has 1 aliphatic carbocycles. The lowest BCUT2D eigenvalue weighted by molar-refractivity contribution is 0.487. The standard InChI is InChI=1S/C55H40N2O/c1-55(2)45-26-13-12-23-42(45)53-46(55)27-15-28-48(53)57(41-33-31-38(32-34-41)37-17-6-3-7-18-37)47-35-36-51-52-43(47)24-14-25-44(52)54-49(29-16-30-50(54)58-51)56(39-19-8-4-9-20-39)40-21-10-5-11-22-40/h3-36H,1-2H3. The van der Waals surface area contributed by atoms with Gasteiger partial charge in [-0.1, -0.05) is 153 Å². The third kappa shape index (κ3) is 5.28. The van der Waals surface area contributed by atoms with E-state index in [1.54, 1.807) is 0 Å². The van der Waals surface area contributed by atoms with Crippen LogP contribution in [0.25, 0.3) is 44.2 Å². The van der Waals surface area contributed by atoms with Gasteiger partial charge in [0.2, 0.25) is 0 Å². The molecule has 3 heteroatoms. The Hall–Kier alpha value is -7.36. The molecule has 0 saturated heterocycles. The van der Waals surface area contributed by atoms with Crippen molar-refractivity contribution >= 4 is 44.9 Å². The Morgan fingerprint density at radius 1 is 0.362 bits per heavy atom. The quantitative estimate of drug-likeness (QED) is 0.162. The summed E-state index contributed by atoms with van der Waals surface area (Å²) in [4.78, 5) is 4.80. The Bertz CT molecular complexity index is 2950. The van der Waals surface area contributed by atoms with Crippen LogP contribution in [-0.4, -0.2) is 0 Å². The highest BCUT2D eigenvalue weighted by atomic mass is 16.5. The van der Waals surface area contributed by atoms with Crippen molar-refractivity contribution in [3.05, 3.63) is 217 Å². The minimum Gasteiger partial charge on any atom is -0.456 e. The molecule has 0 radical (unpaired) electrons. The molecule has 2 aliphatic rings. The van der Waals surface area contributed by atoms with Crippen molar-refractivity contribution in [3.63, 3.8) is 0 Å². The molecule has 0 bridgehead atoms. The van der Waals surface area contributed by atoms with E-state index in [0.717, 1.165) is 67.5 Å². The van der Waals surface area contributed by atoms with Crippen LogP contribution in [-0.2, 0) is 5.41 Å². The second-order valence-electron chi connectivity index (χ2n) is 15.7. The Kier molecular flexibility index (Phi) is 7.84. The van der Waals surface area contributed by atoms with E-state index in [4.69, 9.17) is 4.74 Å². The van der Waals surface area contributed by atoms with E-state index in [9.17, 15) is 0 Å². The number of ether oxygens (including phenoxy) is 1. The van der Waals surface area contributed by atoms with Crippen LogP contribution in [0.2, 0.25) is 0 Å². The van der Waals surface area contributed by atoms with Crippen LogP contribution in [0, 0.1) is 0 Å². The molecule has 1 heterocycles. The van der Waals surface area contributed by atoms with Crippen LogP contribution in [0.15, 0.2) is 206 Å². The first-order valence-electron chi connectivity index (χ1n) is 20.0. The minimum absolute atomic E-state index is 0.137. The van der Waals surface area contributed by atoms with Crippen LogP contribution < -0.4 is 14.5 Å². The Balaban J connectivity index is 1.15. The summed E-state index contributed by atoms with van der Waals surface area (Å²) >= 11 is 0. The van der Waals surface area contributed by atoms with Gasteiger partial charge >= 0.3 is 0 Å². The van der Waals surface area contributed by atoms with Gasteiger partial charge in [-0.3, -0.25) is 0 Å². The molecule has 11 rings (SSSR count). The molecule has 0 aromatic heterocycles. The van der Waals surface area contributed by atoms with Crippen LogP contribution >= 0.6 is 0 Å². The van der Waals surface area contributed by atoms with Crippen molar-refractivity contribution in [3.8, 4) is 44.9 Å². The maximum absolute atomic E-state index is 6.93. The molecule has 0 fully saturated rings. The second kappa shape index (κ2) is 13.4. The molecule has 0 amide bonds. The minimum atomic E-state index is -0.137.